The zero-order valence-electron chi connectivity index (χ0n) is 21.6. The maximum absolute atomic E-state index is 13.0. The van der Waals surface area contributed by atoms with E-state index in [2.05, 4.69) is 20.8 Å². The van der Waals surface area contributed by atoms with Crippen LogP contribution < -0.4 is 45.3 Å². The molecule has 0 aliphatic carbocycles. The monoisotopic (exact) mass is 600 g/mol. The van der Waals surface area contributed by atoms with Crippen LogP contribution in [0.3, 0.4) is 0 Å². The summed E-state index contributed by atoms with van der Waals surface area (Å²) in [5, 5.41) is 31.9. The summed E-state index contributed by atoms with van der Waals surface area (Å²) in [6.45, 7) is 3.21. The molecule has 206 valence electrons. The topological polar surface area (TPSA) is 205 Å². The van der Waals surface area contributed by atoms with E-state index in [1.807, 2.05) is 0 Å². The fourth-order valence-corrected chi connectivity index (χ4v) is 6.36. The quantitative estimate of drug-likeness (QED) is 0.101. The molecule has 0 unspecified atom stereocenters. The predicted molar refractivity (Wildman–Crippen MR) is 136 cm³/mol. The number of ether oxygens (including phenoxy) is 1. The number of nitrogens with one attached hydrogen (secondary N) is 2. The van der Waals surface area contributed by atoms with Crippen LogP contribution in [-0.2, 0) is 30.6 Å². The van der Waals surface area contributed by atoms with E-state index in [1.165, 1.54) is 53.4 Å². The van der Waals surface area contributed by atoms with E-state index in [-0.39, 0.29) is 58.4 Å². The number of nitro groups is 1. The summed E-state index contributed by atoms with van der Waals surface area (Å²) in [5.74, 6) is -2.72. The van der Waals surface area contributed by atoms with Crippen LogP contribution in [0, 0.1) is 10.1 Å². The summed E-state index contributed by atoms with van der Waals surface area (Å²) < 4.78 is 4.27. The number of benzene rings is 1. The molecule has 0 radical (unpaired) electrons. The van der Waals surface area contributed by atoms with E-state index in [0.29, 0.717) is 5.56 Å². The number of carboxylic acids is 1. The number of rotatable bonds is 9. The fourth-order valence-electron chi connectivity index (χ4n) is 4.06. The van der Waals surface area contributed by atoms with E-state index in [0.717, 1.165) is 11.3 Å². The minimum Gasteiger partial charge on any atom is -0.548 e. The second-order valence-electron chi connectivity index (χ2n) is 8.82. The first-order chi connectivity index (χ1) is 18.4. The molecule has 3 amide bonds. The molecule has 40 heavy (non-hydrogen) atoms. The van der Waals surface area contributed by atoms with Gasteiger partial charge in [-0.3, -0.25) is 25.0 Å². The number of nitro benzene ring substituents is 1. The summed E-state index contributed by atoms with van der Waals surface area (Å²) in [4.78, 5) is 69.7. The van der Waals surface area contributed by atoms with Crippen molar-refractivity contribution in [2.24, 2.45) is 5.16 Å². The van der Waals surface area contributed by atoms with Crippen LogP contribution in [0.15, 0.2) is 34.8 Å². The van der Waals surface area contributed by atoms with Gasteiger partial charge in [0, 0.05) is 22.3 Å². The Balaban J connectivity index is 0.00000441. The van der Waals surface area contributed by atoms with E-state index < -0.39 is 51.0 Å². The van der Waals surface area contributed by atoms with Crippen LogP contribution in [0.5, 0.6) is 0 Å². The number of aromatic nitrogens is 1. The molecule has 2 aliphatic heterocycles. The molecule has 18 heteroatoms. The molecule has 2 N–H and O–H groups in total. The van der Waals surface area contributed by atoms with Gasteiger partial charge in [-0.1, -0.05) is 5.16 Å². The van der Waals surface area contributed by atoms with Crippen LogP contribution in [0.1, 0.15) is 25.1 Å². The third-order valence-corrected chi connectivity index (χ3v) is 8.15. The molecule has 2 saturated heterocycles. The van der Waals surface area contributed by atoms with Crippen molar-refractivity contribution < 1.29 is 68.3 Å². The van der Waals surface area contributed by atoms with Crippen LogP contribution >= 0.6 is 23.1 Å². The van der Waals surface area contributed by atoms with Gasteiger partial charge in [0.2, 0.25) is 5.91 Å². The molecule has 15 nitrogen and oxygen atoms in total. The average Bonchev–Trinajstić information content (AvgIpc) is 3.44. The zero-order valence-corrected chi connectivity index (χ0v) is 25.2. The summed E-state index contributed by atoms with van der Waals surface area (Å²) in [6, 6.07) is 3.36. The normalized spacial score (nSPS) is 20.9. The van der Waals surface area contributed by atoms with Crippen LogP contribution in [-0.4, -0.2) is 73.7 Å². The Labute approximate surface area is 257 Å². The number of aliphatic carboxylic acids is 1. The number of hydrogen-bond donors (Lipinski definition) is 2. The molecule has 0 saturated carbocycles. The Hall–Kier alpha value is -3.25. The standard InChI is InChI=1S/C22H22N6O9S2.Na/c1-22(2)15(19(31)32)27-17(30)14(18(27)39-22)24-16(29)13(26-36-3)12-9-38-20(23-12)25-21(33)37-8-10-4-6-11(7-5-10)28(34)35;/h4-7,9,14-15,18H,8H2,1-3H3,(H,24,29)(H,31,32)(H,23,25,33);/q;+1/p-1/t14-,15+,18-;/m1./s1. The van der Waals surface area contributed by atoms with E-state index in [1.54, 1.807) is 13.8 Å². The van der Waals surface area contributed by atoms with E-state index >= 15 is 0 Å². The van der Waals surface area contributed by atoms with Crippen molar-refractivity contribution in [3.05, 3.63) is 51.0 Å². The Bertz CT molecular complexity index is 1370. The van der Waals surface area contributed by atoms with Crippen LogP contribution in [0.25, 0.3) is 0 Å². The minimum absolute atomic E-state index is 0. The van der Waals surface area contributed by atoms with Gasteiger partial charge in [-0.25, -0.2) is 9.78 Å². The van der Waals surface area contributed by atoms with E-state index in [4.69, 9.17) is 9.57 Å². The predicted octanol–water partition coefficient (Wildman–Crippen LogP) is -2.55. The van der Waals surface area contributed by atoms with Crippen molar-refractivity contribution in [1.82, 2.24) is 15.2 Å². The van der Waals surface area contributed by atoms with Crippen molar-refractivity contribution in [3.8, 4) is 0 Å². The molecule has 3 heterocycles. The van der Waals surface area contributed by atoms with Crippen LogP contribution in [0.4, 0.5) is 15.6 Å². The van der Waals surface area contributed by atoms with Crippen LogP contribution in [0.2, 0.25) is 0 Å². The molecule has 0 bridgehead atoms. The van der Waals surface area contributed by atoms with Gasteiger partial charge >= 0.3 is 35.7 Å². The molecule has 3 atom stereocenters. The second-order valence-corrected chi connectivity index (χ2v) is 11.4. The first kappa shape index (κ1) is 31.3. The molecule has 2 aliphatic rings. The van der Waals surface area contributed by atoms with Gasteiger partial charge in [0.05, 0.1) is 16.9 Å². The number of carbonyl (C=O) groups excluding carboxylic acids is 4. The molecular formula is C22H21N6NaO9S2. The Morgan fingerprint density at radius 2 is 1.93 bits per heavy atom. The van der Waals surface area contributed by atoms with Crippen molar-refractivity contribution in [1.29, 1.82) is 0 Å². The number of carboxylic acid groups (broad SMARTS) is 1. The first-order valence-electron chi connectivity index (χ1n) is 11.2. The first-order valence-corrected chi connectivity index (χ1v) is 12.9. The third kappa shape index (κ3) is 6.38. The number of hydrogen-bond acceptors (Lipinski definition) is 13. The van der Waals surface area contributed by atoms with Crippen molar-refractivity contribution in [3.63, 3.8) is 0 Å². The number of β-lactam (4-membered cyclic amide) rings is 1. The summed E-state index contributed by atoms with van der Waals surface area (Å²) in [5.41, 5.74) is 0.204. The number of nitrogens with zero attached hydrogens (tertiary/aromatic N) is 4. The van der Waals surface area contributed by atoms with Gasteiger partial charge in [0.25, 0.3) is 11.6 Å². The van der Waals surface area contributed by atoms with Crippen molar-refractivity contribution in [2.45, 2.75) is 42.7 Å². The summed E-state index contributed by atoms with van der Waals surface area (Å²) in [6.07, 6.45) is -0.854. The van der Waals surface area contributed by atoms with Crippen molar-refractivity contribution >= 4 is 63.5 Å². The van der Waals surface area contributed by atoms with Gasteiger partial charge in [0.15, 0.2) is 10.8 Å². The number of carbonyl (C=O) groups is 4. The second kappa shape index (κ2) is 12.5. The van der Waals surface area contributed by atoms with Gasteiger partial charge < -0.3 is 29.7 Å². The minimum atomic E-state index is -1.37. The SMILES string of the molecule is CON=C(C(=O)N[C@@H]1C(=O)N2[C@@H]1SC(C)(C)[C@@H]2C(=O)[O-])c1csc(NC(=O)OCc2ccc([N+](=O)[O-])cc2)n1.[Na+]. The molecule has 2 aromatic rings. The number of amides is 3. The number of non-ortho nitro benzene ring substituents is 1. The summed E-state index contributed by atoms with van der Waals surface area (Å²) >= 11 is 2.21. The Morgan fingerprint density at radius 1 is 1.25 bits per heavy atom. The van der Waals surface area contributed by atoms with Gasteiger partial charge in [-0.15, -0.1) is 23.1 Å². The molecular weight excluding hydrogens is 579 g/mol. The van der Waals surface area contributed by atoms with Gasteiger partial charge in [-0.2, -0.15) is 0 Å². The average molecular weight is 601 g/mol. The van der Waals surface area contributed by atoms with Crippen molar-refractivity contribution in [2.75, 3.05) is 12.4 Å². The number of thiazole rings is 1. The summed E-state index contributed by atoms with van der Waals surface area (Å²) in [7, 11) is 1.21. The largest absolute Gasteiger partial charge is 1.00 e. The van der Waals surface area contributed by atoms with Gasteiger partial charge in [-0.05, 0) is 31.5 Å². The fraction of sp³-hybridized carbons (Fsp3) is 0.364. The zero-order chi connectivity index (χ0) is 28.5. The molecule has 4 rings (SSSR count). The number of thioether (sulfide) groups is 1. The number of oxime groups is 1. The molecule has 1 aromatic heterocycles. The molecule has 2 fully saturated rings. The maximum atomic E-state index is 13.0. The smallest absolute Gasteiger partial charge is 0.548 e. The Morgan fingerprint density at radius 3 is 2.52 bits per heavy atom. The third-order valence-electron chi connectivity index (χ3n) is 5.82. The Kier molecular flexibility index (Phi) is 9.78. The molecule has 1 aromatic carbocycles. The number of anilines is 1. The number of fused-ring (bicyclic) bond motifs is 1. The molecule has 0 spiro atoms. The maximum Gasteiger partial charge on any atom is 1.00 e. The van der Waals surface area contributed by atoms with Gasteiger partial charge in [0.1, 0.15) is 30.8 Å². The van der Waals surface area contributed by atoms with E-state index in [9.17, 15) is 34.4 Å².